The Balaban J connectivity index is 1.92. The van der Waals surface area contributed by atoms with Crippen LogP contribution >= 0.6 is 27.3 Å². The Morgan fingerprint density at radius 1 is 1.13 bits per heavy atom. The molecule has 0 aliphatic carbocycles. The van der Waals surface area contributed by atoms with Crippen LogP contribution in [0.2, 0.25) is 0 Å². The molecule has 23 heavy (non-hydrogen) atoms. The number of aromatic nitrogens is 1. The highest BCUT2D eigenvalue weighted by molar-refractivity contribution is 9.10. The summed E-state index contributed by atoms with van der Waals surface area (Å²) in [5.41, 5.74) is -0.574. The van der Waals surface area contributed by atoms with Crippen molar-refractivity contribution in [3.05, 3.63) is 58.1 Å². The molecule has 1 amide bonds. The number of nitrogens with one attached hydrogen (secondary N) is 1. The van der Waals surface area contributed by atoms with Gasteiger partial charge in [-0.2, -0.15) is 13.2 Å². The monoisotopic (exact) mass is 400 g/mol. The number of benzene rings is 2. The largest absolute Gasteiger partial charge is 0.418 e. The highest BCUT2D eigenvalue weighted by atomic mass is 79.9. The predicted octanol–water partition coefficient (Wildman–Crippen LogP) is 5.33. The molecular weight excluding hydrogens is 393 g/mol. The molecule has 3 rings (SSSR count). The van der Waals surface area contributed by atoms with Crippen molar-refractivity contribution < 1.29 is 18.0 Å². The number of halogens is 4. The average molecular weight is 401 g/mol. The van der Waals surface area contributed by atoms with E-state index in [-0.39, 0.29) is 10.6 Å². The molecule has 0 radical (unpaired) electrons. The highest BCUT2D eigenvalue weighted by Crippen LogP contribution is 2.37. The number of carbonyl (C=O) groups is 1. The van der Waals surface area contributed by atoms with E-state index in [1.807, 2.05) is 0 Å². The summed E-state index contributed by atoms with van der Waals surface area (Å²) in [5, 5.41) is 2.66. The Kier molecular flexibility index (Phi) is 4.11. The number of amides is 1. The van der Waals surface area contributed by atoms with Crippen LogP contribution in [0.4, 0.5) is 18.3 Å². The summed E-state index contributed by atoms with van der Waals surface area (Å²) in [6.07, 6.45) is -4.49. The normalized spacial score (nSPS) is 11.7. The zero-order chi connectivity index (χ0) is 16.6. The highest BCUT2D eigenvalue weighted by Gasteiger charge is 2.33. The second-order valence-electron chi connectivity index (χ2n) is 4.63. The van der Waals surface area contributed by atoms with Crippen LogP contribution in [0.5, 0.6) is 0 Å². The van der Waals surface area contributed by atoms with Crippen LogP contribution in [0.25, 0.3) is 10.2 Å². The van der Waals surface area contributed by atoms with Crippen molar-refractivity contribution in [1.82, 2.24) is 4.98 Å². The smallest absolute Gasteiger partial charge is 0.298 e. The first kappa shape index (κ1) is 15.9. The molecule has 1 aromatic heterocycles. The van der Waals surface area contributed by atoms with E-state index in [2.05, 4.69) is 26.2 Å². The molecule has 3 nitrogen and oxygen atoms in total. The molecule has 0 fully saturated rings. The summed E-state index contributed by atoms with van der Waals surface area (Å²) in [7, 11) is 0. The lowest BCUT2D eigenvalue weighted by Crippen LogP contribution is -2.11. The van der Waals surface area contributed by atoms with Gasteiger partial charge in [0.1, 0.15) is 0 Å². The third-order valence-corrected chi connectivity index (χ3v) is 4.52. The van der Waals surface area contributed by atoms with E-state index >= 15 is 0 Å². The zero-order valence-corrected chi connectivity index (χ0v) is 13.7. The van der Waals surface area contributed by atoms with Gasteiger partial charge in [-0.25, -0.2) is 4.98 Å². The van der Waals surface area contributed by atoms with Crippen molar-refractivity contribution in [1.29, 1.82) is 0 Å². The summed E-state index contributed by atoms with van der Waals surface area (Å²) in [6.45, 7) is 0. The summed E-state index contributed by atoms with van der Waals surface area (Å²) >= 11 is 4.26. The van der Waals surface area contributed by atoms with E-state index in [0.717, 1.165) is 21.9 Å². The Hall–Kier alpha value is -1.93. The molecular formula is C15H8BrF3N2OS. The molecule has 0 spiro atoms. The number of nitrogens with zero attached hydrogens (tertiary/aromatic N) is 1. The van der Waals surface area contributed by atoms with Crippen molar-refractivity contribution in [3.63, 3.8) is 0 Å². The summed E-state index contributed by atoms with van der Waals surface area (Å²) in [6, 6.07) is 10.5. The van der Waals surface area contributed by atoms with Crippen LogP contribution in [0.15, 0.2) is 46.9 Å². The molecule has 1 heterocycles. The van der Waals surface area contributed by atoms with E-state index < -0.39 is 17.6 Å². The van der Waals surface area contributed by atoms with Gasteiger partial charge in [-0.05, 0) is 36.4 Å². The van der Waals surface area contributed by atoms with Gasteiger partial charge in [0.15, 0.2) is 5.13 Å². The van der Waals surface area contributed by atoms with Gasteiger partial charge in [0.05, 0.1) is 15.8 Å². The van der Waals surface area contributed by atoms with Gasteiger partial charge in [-0.3, -0.25) is 10.1 Å². The van der Waals surface area contributed by atoms with Crippen molar-refractivity contribution >= 4 is 48.5 Å². The lowest BCUT2D eigenvalue weighted by Gasteiger charge is -2.06. The van der Waals surface area contributed by atoms with Gasteiger partial charge in [-0.15, -0.1) is 0 Å². The molecule has 3 aromatic rings. The van der Waals surface area contributed by atoms with Crippen LogP contribution in [-0.4, -0.2) is 10.9 Å². The lowest BCUT2D eigenvalue weighted by atomic mass is 10.2. The number of carbonyl (C=O) groups excluding carboxylic acids is 1. The molecule has 1 N–H and O–H groups in total. The molecule has 0 atom stereocenters. The van der Waals surface area contributed by atoms with Gasteiger partial charge < -0.3 is 0 Å². The van der Waals surface area contributed by atoms with E-state index in [4.69, 9.17) is 0 Å². The van der Waals surface area contributed by atoms with Gasteiger partial charge in [0.25, 0.3) is 5.91 Å². The van der Waals surface area contributed by atoms with Crippen LogP contribution in [0.3, 0.4) is 0 Å². The predicted molar refractivity (Wildman–Crippen MR) is 86.7 cm³/mol. The van der Waals surface area contributed by atoms with Gasteiger partial charge in [0, 0.05) is 10.0 Å². The number of hydrogen-bond donors (Lipinski definition) is 1. The maximum atomic E-state index is 13.0. The van der Waals surface area contributed by atoms with E-state index in [0.29, 0.717) is 10.3 Å². The number of hydrogen-bond acceptors (Lipinski definition) is 3. The Labute approximate surface area is 141 Å². The van der Waals surface area contributed by atoms with Crippen LogP contribution in [-0.2, 0) is 6.18 Å². The number of fused-ring (bicyclic) bond motifs is 1. The minimum absolute atomic E-state index is 0.129. The van der Waals surface area contributed by atoms with Crippen molar-refractivity contribution in [3.8, 4) is 0 Å². The minimum atomic E-state index is -4.49. The number of anilines is 1. The number of para-hydroxylation sites is 1. The molecule has 118 valence electrons. The second kappa shape index (κ2) is 5.93. The van der Waals surface area contributed by atoms with Crippen LogP contribution in [0, 0.1) is 0 Å². The lowest BCUT2D eigenvalue weighted by molar-refractivity contribution is -0.136. The fourth-order valence-electron chi connectivity index (χ4n) is 2.00. The minimum Gasteiger partial charge on any atom is -0.298 e. The fourth-order valence-corrected chi connectivity index (χ4v) is 3.15. The zero-order valence-electron chi connectivity index (χ0n) is 11.3. The van der Waals surface area contributed by atoms with E-state index in [9.17, 15) is 18.0 Å². The standard InChI is InChI=1S/C15H8BrF3N2OS/c16-9-6-4-8(5-7-9)13(22)21-14-20-12-10(15(17,18)19)2-1-3-11(12)23-14/h1-7H,(H,20,21,22). The van der Waals surface area contributed by atoms with Crippen molar-refractivity contribution in [2.45, 2.75) is 6.18 Å². The SMILES string of the molecule is O=C(Nc1nc2c(C(F)(F)F)cccc2s1)c1ccc(Br)cc1. The number of alkyl halides is 3. The van der Waals surface area contributed by atoms with E-state index in [1.165, 1.54) is 12.1 Å². The third kappa shape index (κ3) is 3.37. The van der Waals surface area contributed by atoms with Crippen LogP contribution < -0.4 is 5.32 Å². The van der Waals surface area contributed by atoms with Gasteiger partial charge >= 0.3 is 6.18 Å². The Morgan fingerprint density at radius 3 is 2.48 bits per heavy atom. The number of thiazole rings is 1. The summed E-state index contributed by atoms with van der Waals surface area (Å²) in [4.78, 5) is 16.0. The second-order valence-corrected chi connectivity index (χ2v) is 6.58. The molecule has 0 aliphatic heterocycles. The van der Waals surface area contributed by atoms with Crippen molar-refractivity contribution in [2.24, 2.45) is 0 Å². The molecule has 0 aliphatic rings. The first-order chi connectivity index (χ1) is 10.8. The molecule has 0 saturated carbocycles. The fraction of sp³-hybridized carbons (Fsp3) is 0.0667. The maximum absolute atomic E-state index is 13.0. The maximum Gasteiger partial charge on any atom is 0.418 e. The molecule has 0 unspecified atom stereocenters. The van der Waals surface area contributed by atoms with Gasteiger partial charge in [0.2, 0.25) is 0 Å². The first-order valence-corrected chi connectivity index (χ1v) is 7.99. The molecule has 0 saturated heterocycles. The first-order valence-electron chi connectivity index (χ1n) is 6.38. The van der Waals surface area contributed by atoms with Gasteiger partial charge in [-0.1, -0.05) is 33.3 Å². The molecule has 8 heteroatoms. The molecule has 2 aromatic carbocycles. The third-order valence-electron chi connectivity index (χ3n) is 3.05. The summed E-state index contributed by atoms with van der Waals surface area (Å²) < 4.78 is 40.1. The van der Waals surface area contributed by atoms with Crippen LogP contribution in [0.1, 0.15) is 15.9 Å². The quantitative estimate of drug-likeness (QED) is 0.631. The Morgan fingerprint density at radius 2 is 1.83 bits per heavy atom. The topological polar surface area (TPSA) is 42.0 Å². The van der Waals surface area contributed by atoms with E-state index in [1.54, 1.807) is 24.3 Å². The Bertz CT molecular complexity index is 875. The average Bonchev–Trinajstić information content (AvgIpc) is 2.88. The summed E-state index contributed by atoms with van der Waals surface area (Å²) in [5.74, 6) is -0.426. The number of rotatable bonds is 2. The molecule has 0 bridgehead atoms. The van der Waals surface area contributed by atoms with Crippen molar-refractivity contribution in [2.75, 3.05) is 5.32 Å².